The van der Waals surface area contributed by atoms with Crippen molar-refractivity contribution in [3.8, 4) is 0 Å². The molecule has 1 aliphatic heterocycles. The van der Waals surface area contributed by atoms with Gasteiger partial charge in [0.05, 0.1) is 11.9 Å². The Morgan fingerprint density at radius 2 is 2.06 bits per heavy atom. The van der Waals surface area contributed by atoms with Crippen molar-refractivity contribution in [3.63, 3.8) is 0 Å². The van der Waals surface area contributed by atoms with E-state index >= 15 is 0 Å². The standard InChI is InChI=1S/C12H26N2O3S/c1-12(2,9-13)10-14(3)18(15,16)8-11-6-4-5-7-17-11/h11H,4-10,13H2,1-3H3. The van der Waals surface area contributed by atoms with Gasteiger partial charge in [-0.2, -0.15) is 0 Å². The van der Waals surface area contributed by atoms with E-state index in [0.29, 0.717) is 19.7 Å². The summed E-state index contributed by atoms with van der Waals surface area (Å²) < 4.78 is 31.3. The molecule has 6 heteroatoms. The van der Waals surface area contributed by atoms with E-state index in [1.807, 2.05) is 13.8 Å². The Bertz CT molecular complexity index is 348. The van der Waals surface area contributed by atoms with Gasteiger partial charge >= 0.3 is 0 Å². The number of nitrogens with two attached hydrogens (primary N) is 1. The summed E-state index contributed by atoms with van der Waals surface area (Å²) in [5.74, 6) is 0.0875. The van der Waals surface area contributed by atoms with Gasteiger partial charge in [0.25, 0.3) is 0 Å². The second-order valence-corrected chi connectivity index (χ2v) is 8.01. The highest BCUT2D eigenvalue weighted by atomic mass is 32.2. The first-order valence-corrected chi connectivity index (χ1v) is 8.13. The van der Waals surface area contributed by atoms with Crippen molar-refractivity contribution in [2.24, 2.45) is 11.1 Å². The van der Waals surface area contributed by atoms with Crippen LogP contribution in [0.5, 0.6) is 0 Å². The third kappa shape index (κ3) is 4.84. The van der Waals surface area contributed by atoms with Crippen molar-refractivity contribution in [3.05, 3.63) is 0 Å². The van der Waals surface area contributed by atoms with Crippen molar-refractivity contribution in [2.75, 3.05) is 32.5 Å². The van der Waals surface area contributed by atoms with Gasteiger partial charge in [-0.25, -0.2) is 12.7 Å². The summed E-state index contributed by atoms with van der Waals surface area (Å²) in [7, 11) is -1.63. The molecule has 1 heterocycles. The fourth-order valence-electron chi connectivity index (χ4n) is 2.07. The van der Waals surface area contributed by atoms with Crippen LogP contribution in [-0.2, 0) is 14.8 Å². The Morgan fingerprint density at radius 1 is 1.39 bits per heavy atom. The van der Waals surface area contributed by atoms with Gasteiger partial charge in [0.15, 0.2) is 0 Å². The Labute approximate surface area is 111 Å². The van der Waals surface area contributed by atoms with Gasteiger partial charge in [-0.15, -0.1) is 0 Å². The SMILES string of the molecule is CN(CC(C)(C)CN)S(=O)(=O)CC1CCCCO1. The lowest BCUT2D eigenvalue weighted by Gasteiger charge is -2.30. The third-order valence-electron chi connectivity index (χ3n) is 3.35. The highest BCUT2D eigenvalue weighted by Gasteiger charge is 2.29. The minimum absolute atomic E-state index is 0.0875. The summed E-state index contributed by atoms with van der Waals surface area (Å²) >= 11 is 0. The quantitative estimate of drug-likeness (QED) is 0.780. The van der Waals surface area contributed by atoms with Gasteiger partial charge in [-0.3, -0.25) is 0 Å². The summed E-state index contributed by atoms with van der Waals surface area (Å²) in [6.45, 7) is 5.52. The number of hydrogen-bond donors (Lipinski definition) is 1. The van der Waals surface area contributed by atoms with Gasteiger partial charge in [0, 0.05) is 20.2 Å². The Kier molecular flexibility index (Phi) is 5.58. The van der Waals surface area contributed by atoms with E-state index in [1.54, 1.807) is 7.05 Å². The molecule has 0 aromatic rings. The molecule has 1 rings (SSSR count). The first-order chi connectivity index (χ1) is 8.27. The average molecular weight is 278 g/mol. The zero-order valence-corrected chi connectivity index (χ0v) is 12.5. The molecule has 18 heavy (non-hydrogen) atoms. The van der Waals surface area contributed by atoms with Crippen LogP contribution in [0.25, 0.3) is 0 Å². The molecule has 0 amide bonds. The molecule has 1 saturated heterocycles. The van der Waals surface area contributed by atoms with Crippen LogP contribution < -0.4 is 5.73 Å². The number of nitrogens with zero attached hydrogens (tertiary/aromatic N) is 1. The highest BCUT2D eigenvalue weighted by Crippen LogP contribution is 2.19. The monoisotopic (exact) mass is 278 g/mol. The number of rotatable bonds is 6. The van der Waals surface area contributed by atoms with Crippen LogP contribution in [0, 0.1) is 5.41 Å². The largest absolute Gasteiger partial charge is 0.377 e. The van der Waals surface area contributed by atoms with Crippen LogP contribution in [-0.4, -0.2) is 51.3 Å². The van der Waals surface area contributed by atoms with E-state index in [4.69, 9.17) is 10.5 Å². The Balaban J connectivity index is 2.56. The van der Waals surface area contributed by atoms with Gasteiger partial charge in [0.2, 0.25) is 10.0 Å². The molecule has 1 atom stereocenters. The highest BCUT2D eigenvalue weighted by molar-refractivity contribution is 7.89. The maximum absolute atomic E-state index is 12.2. The zero-order chi connectivity index (χ0) is 13.8. The second-order valence-electron chi connectivity index (χ2n) is 5.89. The molecule has 0 spiro atoms. The lowest BCUT2D eigenvalue weighted by atomic mass is 9.94. The van der Waals surface area contributed by atoms with E-state index in [-0.39, 0.29) is 17.3 Å². The predicted octanol–water partition coefficient (Wildman–Crippen LogP) is 0.802. The molecule has 0 radical (unpaired) electrons. The minimum atomic E-state index is -3.25. The number of hydrogen-bond acceptors (Lipinski definition) is 4. The molecule has 0 bridgehead atoms. The van der Waals surface area contributed by atoms with Gasteiger partial charge in [-0.05, 0) is 31.2 Å². The maximum atomic E-state index is 12.2. The Hall–Kier alpha value is -0.170. The van der Waals surface area contributed by atoms with Crippen molar-refractivity contribution in [1.82, 2.24) is 4.31 Å². The van der Waals surface area contributed by atoms with Crippen LogP contribution in [0.4, 0.5) is 0 Å². The molecule has 0 saturated carbocycles. The summed E-state index contributed by atoms with van der Waals surface area (Å²) in [4.78, 5) is 0. The smallest absolute Gasteiger partial charge is 0.216 e. The molecule has 2 N–H and O–H groups in total. The van der Waals surface area contributed by atoms with Crippen molar-refractivity contribution < 1.29 is 13.2 Å². The van der Waals surface area contributed by atoms with E-state index < -0.39 is 10.0 Å². The normalized spacial score (nSPS) is 22.4. The van der Waals surface area contributed by atoms with Gasteiger partial charge in [0.1, 0.15) is 0 Å². The molecule has 5 nitrogen and oxygen atoms in total. The van der Waals surface area contributed by atoms with Crippen LogP contribution in [0.2, 0.25) is 0 Å². The van der Waals surface area contributed by atoms with Gasteiger partial charge < -0.3 is 10.5 Å². The van der Waals surface area contributed by atoms with E-state index in [9.17, 15) is 8.42 Å². The van der Waals surface area contributed by atoms with Crippen LogP contribution in [0.1, 0.15) is 33.1 Å². The lowest BCUT2D eigenvalue weighted by Crippen LogP contribution is -2.43. The Morgan fingerprint density at radius 3 is 2.56 bits per heavy atom. The van der Waals surface area contributed by atoms with Crippen LogP contribution in [0.3, 0.4) is 0 Å². The minimum Gasteiger partial charge on any atom is -0.377 e. The summed E-state index contributed by atoms with van der Waals surface area (Å²) in [6.07, 6.45) is 2.78. The lowest BCUT2D eigenvalue weighted by molar-refractivity contribution is 0.0298. The summed E-state index contributed by atoms with van der Waals surface area (Å²) in [5.41, 5.74) is 5.44. The predicted molar refractivity (Wildman–Crippen MR) is 72.8 cm³/mol. The fraction of sp³-hybridized carbons (Fsp3) is 1.00. The number of sulfonamides is 1. The molecule has 1 unspecified atom stereocenters. The van der Waals surface area contributed by atoms with Crippen molar-refractivity contribution in [1.29, 1.82) is 0 Å². The molecular formula is C12H26N2O3S. The van der Waals surface area contributed by atoms with E-state index in [1.165, 1.54) is 4.31 Å². The first kappa shape index (κ1) is 15.9. The molecule has 0 aliphatic carbocycles. The van der Waals surface area contributed by atoms with Crippen LogP contribution >= 0.6 is 0 Å². The molecule has 1 fully saturated rings. The van der Waals surface area contributed by atoms with Crippen molar-refractivity contribution >= 4 is 10.0 Å². The van der Waals surface area contributed by atoms with Crippen molar-refractivity contribution in [2.45, 2.75) is 39.2 Å². The second kappa shape index (κ2) is 6.32. The zero-order valence-electron chi connectivity index (χ0n) is 11.7. The summed E-state index contributed by atoms with van der Waals surface area (Å²) in [5, 5.41) is 0. The topological polar surface area (TPSA) is 72.6 Å². The average Bonchev–Trinajstić information content (AvgIpc) is 2.29. The third-order valence-corrected chi connectivity index (χ3v) is 5.22. The first-order valence-electron chi connectivity index (χ1n) is 6.52. The summed E-state index contributed by atoms with van der Waals surface area (Å²) in [6, 6.07) is 0. The number of ether oxygens (including phenoxy) is 1. The molecular weight excluding hydrogens is 252 g/mol. The molecule has 108 valence electrons. The maximum Gasteiger partial charge on any atom is 0.216 e. The van der Waals surface area contributed by atoms with Gasteiger partial charge in [-0.1, -0.05) is 13.8 Å². The molecule has 1 aliphatic rings. The molecule has 0 aromatic heterocycles. The molecule has 0 aromatic carbocycles. The fourth-order valence-corrected chi connectivity index (χ4v) is 3.60. The van der Waals surface area contributed by atoms with Crippen LogP contribution in [0.15, 0.2) is 0 Å². The van der Waals surface area contributed by atoms with E-state index in [0.717, 1.165) is 19.3 Å². The van der Waals surface area contributed by atoms with E-state index in [2.05, 4.69) is 0 Å².